The Bertz CT molecular complexity index is 721. The number of rotatable bonds is 2. The predicted molar refractivity (Wildman–Crippen MR) is 105 cm³/mol. The molecule has 4 nitrogen and oxygen atoms in total. The fraction of sp³-hybridized carbons (Fsp3) is 0.550. The highest BCUT2D eigenvalue weighted by atomic mass is 79.9. The lowest BCUT2D eigenvalue weighted by atomic mass is 9.94. The van der Waals surface area contributed by atoms with Gasteiger partial charge in [-0.1, -0.05) is 41.6 Å². The summed E-state index contributed by atoms with van der Waals surface area (Å²) in [7, 11) is 0. The molecule has 2 aliphatic heterocycles. The van der Waals surface area contributed by atoms with Crippen molar-refractivity contribution in [1.29, 1.82) is 0 Å². The minimum Gasteiger partial charge on any atom is -0.372 e. The van der Waals surface area contributed by atoms with Crippen LogP contribution < -0.4 is 5.32 Å². The monoisotopic (exact) mass is 403 g/mol. The molecule has 0 radical (unpaired) electrons. The number of hydrogen-bond acceptors (Lipinski definition) is 3. The van der Waals surface area contributed by atoms with Crippen LogP contribution in [0.2, 0.25) is 0 Å². The Labute approximate surface area is 158 Å². The number of aromatic nitrogens is 2. The predicted octanol–water partition coefficient (Wildman–Crippen LogP) is 3.80. The van der Waals surface area contributed by atoms with Gasteiger partial charge in [-0.05, 0) is 43.0 Å². The van der Waals surface area contributed by atoms with Crippen LogP contribution in [0.3, 0.4) is 0 Å². The molecule has 1 saturated heterocycles. The number of allylic oxidation sites excluding steroid dienone is 2. The minimum absolute atomic E-state index is 0.270. The lowest BCUT2D eigenvalue weighted by Gasteiger charge is -2.33. The van der Waals surface area contributed by atoms with E-state index in [4.69, 9.17) is 4.74 Å². The van der Waals surface area contributed by atoms with Crippen molar-refractivity contribution in [3.05, 3.63) is 47.6 Å². The molecule has 5 heteroatoms. The van der Waals surface area contributed by atoms with Crippen LogP contribution in [-0.2, 0) is 11.3 Å². The van der Waals surface area contributed by atoms with Crippen LogP contribution in [0.1, 0.15) is 43.5 Å². The molecule has 0 saturated carbocycles. The number of nitrogens with zero attached hydrogens (tertiary/aromatic N) is 2. The van der Waals surface area contributed by atoms with Crippen LogP contribution in [0.5, 0.6) is 0 Å². The van der Waals surface area contributed by atoms with Crippen LogP contribution in [-0.4, -0.2) is 39.7 Å². The second kappa shape index (κ2) is 7.22. The Morgan fingerprint density at radius 2 is 2.36 bits per heavy atom. The van der Waals surface area contributed by atoms with Crippen molar-refractivity contribution < 1.29 is 4.74 Å². The van der Waals surface area contributed by atoms with E-state index in [1.165, 1.54) is 23.4 Å². The molecule has 3 aliphatic rings. The zero-order valence-corrected chi connectivity index (χ0v) is 16.3. The third-order valence-electron chi connectivity index (χ3n) is 5.47. The van der Waals surface area contributed by atoms with Crippen LogP contribution in [0.15, 0.2) is 36.2 Å². The Balaban J connectivity index is 1.60. The molecular formula is C20H26BrN3O. The van der Waals surface area contributed by atoms with Gasteiger partial charge in [-0.15, -0.1) is 0 Å². The third kappa shape index (κ3) is 3.55. The maximum absolute atomic E-state index is 6.06. The first-order valence-corrected chi connectivity index (χ1v) is 10.1. The van der Waals surface area contributed by atoms with Crippen molar-refractivity contribution in [2.45, 2.75) is 55.6 Å². The number of halogens is 1. The molecule has 0 aromatic carbocycles. The van der Waals surface area contributed by atoms with Gasteiger partial charge in [0.2, 0.25) is 0 Å². The van der Waals surface area contributed by atoms with Gasteiger partial charge in [-0.3, -0.25) is 0 Å². The van der Waals surface area contributed by atoms with E-state index in [2.05, 4.69) is 62.5 Å². The van der Waals surface area contributed by atoms with E-state index in [1.807, 2.05) is 6.33 Å². The quantitative estimate of drug-likeness (QED) is 0.602. The second-order valence-electron chi connectivity index (χ2n) is 7.46. The number of nitrogens with one attached hydrogen (secondary N) is 1. The van der Waals surface area contributed by atoms with E-state index in [0.29, 0.717) is 23.4 Å². The highest BCUT2D eigenvalue weighted by Crippen LogP contribution is 2.33. The smallest absolute Gasteiger partial charge is 0.0957 e. The molecule has 1 fully saturated rings. The summed E-state index contributed by atoms with van der Waals surface area (Å²) < 4.78 is 8.34. The van der Waals surface area contributed by atoms with Crippen molar-refractivity contribution in [2.24, 2.45) is 0 Å². The van der Waals surface area contributed by atoms with Crippen molar-refractivity contribution in [1.82, 2.24) is 14.9 Å². The van der Waals surface area contributed by atoms with Crippen LogP contribution in [0, 0.1) is 0 Å². The normalized spacial score (nSPS) is 32.4. The number of hydrogen-bond donors (Lipinski definition) is 1. The number of piperidine rings is 1. The molecular weight excluding hydrogens is 378 g/mol. The SMILES string of the molecule is C=C1CO[C@H]2CCCNC2C=C(Cn2cnc3c2C=CC(Br)C3C)C1. The lowest BCUT2D eigenvalue weighted by Crippen LogP contribution is -2.46. The van der Waals surface area contributed by atoms with Gasteiger partial charge in [0.1, 0.15) is 0 Å². The summed E-state index contributed by atoms with van der Waals surface area (Å²) in [5.41, 5.74) is 4.99. The minimum atomic E-state index is 0.270. The molecule has 1 aromatic rings. The van der Waals surface area contributed by atoms with Crippen LogP contribution >= 0.6 is 15.9 Å². The van der Waals surface area contributed by atoms with Gasteiger partial charge in [-0.25, -0.2) is 4.98 Å². The molecule has 0 spiro atoms. The Kier molecular flexibility index (Phi) is 4.98. The fourth-order valence-electron chi connectivity index (χ4n) is 4.04. The number of imidazole rings is 1. The molecule has 0 amide bonds. The fourth-order valence-corrected chi connectivity index (χ4v) is 4.44. The maximum Gasteiger partial charge on any atom is 0.0957 e. The third-order valence-corrected chi connectivity index (χ3v) is 6.57. The Morgan fingerprint density at radius 3 is 3.24 bits per heavy atom. The van der Waals surface area contributed by atoms with Crippen molar-refractivity contribution in [3.8, 4) is 0 Å². The summed E-state index contributed by atoms with van der Waals surface area (Å²) in [6.45, 7) is 9.05. The summed E-state index contributed by atoms with van der Waals surface area (Å²) in [6, 6.07) is 0.317. The van der Waals surface area contributed by atoms with Gasteiger partial charge >= 0.3 is 0 Å². The summed E-state index contributed by atoms with van der Waals surface area (Å²) >= 11 is 3.72. The van der Waals surface area contributed by atoms with Gasteiger partial charge in [0.25, 0.3) is 0 Å². The van der Waals surface area contributed by atoms with E-state index >= 15 is 0 Å². The summed E-state index contributed by atoms with van der Waals surface area (Å²) in [5.74, 6) is 0.403. The van der Waals surface area contributed by atoms with Crippen molar-refractivity contribution >= 4 is 22.0 Å². The largest absolute Gasteiger partial charge is 0.372 e. The molecule has 3 unspecified atom stereocenters. The average Bonchev–Trinajstić information content (AvgIpc) is 2.99. The number of ether oxygens (including phenoxy) is 1. The summed E-state index contributed by atoms with van der Waals surface area (Å²) in [6.07, 6.45) is 12.3. The topological polar surface area (TPSA) is 39.1 Å². The first-order chi connectivity index (χ1) is 12.1. The first kappa shape index (κ1) is 17.3. The van der Waals surface area contributed by atoms with Gasteiger partial charge in [0.05, 0.1) is 36.5 Å². The first-order valence-electron chi connectivity index (χ1n) is 9.20. The zero-order chi connectivity index (χ0) is 17.4. The molecule has 134 valence electrons. The highest BCUT2D eigenvalue weighted by Gasteiger charge is 2.27. The molecule has 4 rings (SSSR count). The van der Waals surface area contributed by atoms with E-state index in [0.717, 1.165) is 31.5 Å². The van der Waals surface area contributed by atoms with Gasteiger partial charge < -0.3 is 14.6 Å². The van der Waals surface area contributed by atoms with Crippen molar-refractivity contribution in [3.63, 3.8) is 0 Å². The second-order valence-corrected chi connectivity index (χ2v) is 8.52. The van der Waals surface area contributed by atoms with Crippen LogP contribution in [0.4, 0.5) is 0 Å². The lowest BCUT2D eigenvalue weighted by molar-refractivity contribution is 0.0304. The van der Waals surface area contributed by atoms with Crippen LogP contribution in [0.25, 0.3) is 6.08 Å². The van der Waals surface area contributed by atoms with E-state index in [9.17, 15) is 0 Å². The molecule has 0 bridgehead atoms. The highest BCUT2D eigenvalue weighted by molar-refractivity contribution is 9.09. The maximum atomic E-state index is 6.06. The Morgan fingerprint density at radius 1 is 1.48 bits per heavy atom. The van der Waals surface area contributed by atoms with Gasteiger partial charge in [-0.2, -0.15) is 0 Å². The van der Waals surface area contributed by atoms with E-state index in [-0.39, 0.29) is 6.10 Å². The van der Waals surface area contributed by atoms with Gasteiger partial charge in [0, 0.05) is 17.3 Å². The zero-order valence-electron chi connectivity index (χ0n) is 14.7. The van der Waals surface area contributed by atoms with Gasteiger partial charge in [0.15, 0.2) is 0 Å². The average molecular weight is 404 g/mol. The molecule has 3 heterocycles. The molecule has 1 N–H and O–H groups in total. The number of alkyl halides is 1. The molecule has 1 aliphatic carbocycles. The molecule has 1 aromatic heterocycles. The van der Waals surface area contributed by atoms with E-state index in [1.54, 1.807) is 0 Å². The molecule has 4 atom stereocenters. The standard InChI is InChI=1S/C20H26BrN3O/c1-13-8-15(9-17-19(25-11-13)4-3-7-22-17)10-24-12-23-20-14(2)16(21)5-6-18(20)24/h5-6,9,12,14,16-17,19,22H,1,3-4,7-8,10-11H2,2H3/t14?,16?,17?,19-/m0/s1. The Hall–Kier alpha value is -1.17. The van der Waals surface area contributed by atoms with E-state index < -0.39 is 0 Å². The summed E-state index contributed by atoms with van der Waals surface area (Å²) in [4.78, 5) is 5.06. The summed E-state index contributed by atoms with van der Waals surface area (Å²) in [5, 5.41) is 3.61. The van der Waals surface area contributed by atoms with Crippen molar-refractivity contribution in [2.75, 3.05) is 13.2 Å². The number of fused-ring (bicyclic) bond motifs is 2. The molecule has 25 heavy (non-hydrogen) atoms.